The number of primary amides is 1. The van der Waals surface area contributed by atoms with E-state index in [4.69, 9.17) is 5.73 Å². The summed E-state index contributed by atoms with van der Waals surface area (Å²) in [6, 6.07) is 1.35. The first-order chi connectivity index (χ1) is 9.39. The third-order valence-corrected chi connectivity index (χ3v) is 6.02. The van der Waals surface area contributed by atoms with E-state index < -0.39 is 15.9 Å². The van der Waals surface area contributed by atoms with Crippen molar-refractivity contribution in [1.82, 2.24) is 14.2 Å². The van der Waals surface area contributed by atoms with Crippen LogP contribution in [0.25, 0.3) is 0 Å². The molecule has 1 amide bonds. The van der Waals surface area contributed by atoms with Crippen molar-refractivity contribution in [3.63, 3.8) is 0 Å². The fourth-order valence-electron chi connectivity index (χ4n) is 3.08. The highest BCUT2D eigenvalue weighted by atomic mass is 35.5. The first-order valence-electron chi connectivity index (χ1n) is 6.56. The first-order valence-corrected chi connectivity index (χ1v) is 8.00. The summed E-state index contributed by atoms with van der Waals surface area (Å²) in [6.07, 6.45) is 1.45. The maximum absolute atomic E-state index is 12.6. The molecule has 0 aromatic carbocycles. The van der Waals surface area contributed by atoms with Crippen LogP contribution in [-0.2, 0) is 17.1 Å². The maximum atomic E-state index is 12.6. The lowest BCUT2D eigenvalue weighted by atomic mass is 10.0. The normalized spacial score (nSPS) is 25.6. The second-order valence-electron chi connectivity index (χ2n) is 5.54. The molecule has 0 saturated carbocycles. The van der Waals surface area contributed by atoms with Gasteiger partial charge in [-0.2, -0.15) is 4.31 Å². The van der Waals surface area contributed by atoms with E-state index in [9.17, 15) is 13.2 Å². The molecule has 118 valence electrons. The Labute approximate surface area is 129 Å². The topological polar surface area (TPSA) is 97.4 Å². The highest BCUT2D eigenvalue weighted by Gasteiger charge is 2.41. The molecule has 2 saturated heterocycles. The number of hydrogen-bond acceptors (Lipinski definition) is 4. The summed E-state index contributed by atoms with van der Waals surface area (Å²) in [5, 5.41) is 3.28. The Kier molecular flexibility index (Phi) is 4.34. The van der Waals surface area contributed by atoms with Gasteiger partial charge >= 0.3 is 0 Å². The molecule has 1 aromatic heterocycles. The van der Waals surface area contributed by atoms with Crippen LogP contribution in [0.15, 0.2) is 17.2 Å². The van der Waals surface area contributed by atoms with Crippen molar-refractivity contribution in [1.29, 1.82) is 0 Å². The standard InChI is InChI=1S/C12H18N4O3S.ClH/c1-15-7-10(2-11(15)12(13)17)20(18,19)16-5-8-3-14-4-9(8)6-16;/h2,7-9,14H,3-6H2,1H3,(H2,13,17);1H/t8-,9+;. The molecule has 1 aromatic rings. The molecule has 21 heavy (non-hydrogen) atoms. The molecule has 3 N–H and O–H groups in total. The van der Waals surface area contributed by atoms with Gasteiger partial charge in [-0.1, -0.05) is 0 Å². The van der Waals surface area contributed by atoms with E-state index >= 15 is 0 Å². The van der Waals surface area contributed by atoms with Gasteiger partial charge in [0.2, 0.25) is 10.0 Å². The number of carbonyl (C=O) groups excluding carboxylic acids is 1. The molecule has 2 aliphatic heterocycles. The molecule has 2 fully saturated rings. The van der Waals surface area contributed by atoms with E-state index in [1.807, 2.05) is 0 Å². The summed E-state index contributed by atoms with van der Waals surface area (Å²) < 4.78 is 28.2. The summed E-state index contributed by atoms with van der Waals surface area (Å²) in [7, 11) is -1.93. The Bertz CT molecular complexity index is 645. The SMILES string of the molecule is Cl.Cn1cc(S(=O)(=O)N2C[C@H]3CNC[C@H]3C2)cc1C(N)=O. The van der Waals surface area contributed by atoms with Gasteiger partial charge in [-0.05, 0) is 31.0 Å². The molecule has 0 aliphatic carbocycles. The molecular weight excluding hydrogens is 316 g/mol. The van der Waals surface area contributed by atoms with Gasteiger partial charge in [0.25, 0.3) is 5.91 Å². The van der Waals surface area contributed by atoms with Crippen LogP contribution in [0.1, 0.15) is 10.5 Å². The van der Waals surface area contributed by atoms with E-state index in [0.717, 1.165) is 13.1 Å². The molecular formula is C12H19ClN4O3S. The lowest BCUT2D eigenvalue weighted by molar-refractivity contribution is 0.0992. The lowest BCUT2D eigenvalue weighted by Crippen LogP contribution is -2.31. The van der Waals surface area contributed by atoms with Gasteiger partial charge in [0.15, 0.2) is 0 Å². The predicted molar refractivity (Wildman–Crippen MR) is 79.8 cm³/mol. The fraction of sp³-hybridized carbons (Fsp3) is 0.583. The molecule has 7 nitrogen and oxygen atoms in total. The number of amides is 1. The number of nitrogens with two attached hydrogens (primary N) is 1. The summed E-state index contributed by atoms with van der Waals surface area (Å²) in [5.74, 6) is 0.157. The van der Waals surface area contributed by atoms with E-state index in [2.05, 4.69) is 5.32 Å². The zero-order valence-corrected chi connectivity index (χ0v) is 13.3. The van der Waals surface area contributed by atoms with E-state index in [0.29, 0.717) is 24.9 Å². The summed E-state index contributed by atoms with van der Waals surface area (Å²) >= 11 is 0. The van der Waals surface area contributed by atoms with Crippen molar-refractivity contribution < 1.29 is 13.2 Å². The number of carbonyl (C=O) groups is 1. The Morgan fingerprint density at radius 2 is 1.90 bits per heavy atom. The van der Waals surface area contributed by atoms with Crippen LogP contribution in [0, 0.1) is 11.8 Å². The Morgan fingerprint density at radius 1 is 1.33 bits per heavy atom. The minimum atomic E-state index is -3.54. The molecule has 2 aliphatic rings. The Hall–Kier alpha value is -1.09. The third kappa shape index (κ3) is 2.68. The molecule has 3 heterocycles. The van der Waals surface area contributed by atoms with Crippen LogP contribution in [0.4, 0.5) is 0 Å². The number of rotatable bonds is 3. The number of halogens is 1. The summed E-state index contributed by atoms with van der Waals surface area (Å²) in [5.41, 5.74) is 5.42. The number of hydrogen-bond donors (Lipinski definition) is 2. The van der Waals surface area contributed by atoms with E-state index in [-0.39, 0.29) is 23.0 Å². The van der Waals surface area contributed by atoms with Crippen LogP contribution in [0.5, 0.6) is 0 Å². The zero-order chi connectivity index (χ0) is 14.5. The third-order valence-electron chi connectivity index (χ3n) is 4.23. The average Bonchev–Trinajstić information content (AvgIpc) is 3.00. The van der Waals surface area contributed by atoms with Gasteiger partial charge in [0.05, 0.1) is 0 Å². The van der Waals surface area contributed by atoms with Gasteiger partial charge < -0.3 is 15.6 Å². The highest BCUT2D eigenvalue weighted by molar-refractivity contribution is 7.89. The molecule has 0 spiro atoms. The van der Waals surface area contributed by atoms with Crippen molar-refractivity contribution >= 4 is 28.3 Å². The predicted octanol–water partition coefficient (Wildman–Crippen LogP) is -0.614. The van der Waals surface area contributed by atoms with E-state index in [1.165, 1.54) is 21.1 Å². The second kappa shape index (κ2) is 5.60. The summed E-state index contributed by atoms with van der Waals surface area (Å²) in [6.45, 7) is 2.83. The zero-order valence-electron chi connectivity index (χ0n) is 11.7. The molecule has 9 heteroatoms. The number of fused-ring (bicyclic) bond motifs is 1. The number of aromatic nitrogens is 1. The van der Waals surface area contributed by atoms with Gasteiger partial charge in [-0.15, -0.1) is 12.4 Å². The number of sulfonamides is 1. The van der Waals surface area contributed by atoms with Gasteiger partial charge in [0, 0.05) is 26.3 Å². The largest absolute Gasteiger partial charge is 0.364 e. The minimum absolute atomic E-state index is 0. The molecule has 0 radical (unpaired) electrons. The number of nitrogens with one attached hydrogen (secondary N) is 1. The highest BCUT2D eigenvalue weighted by Crippen LogP contribution is 2.31. The van der Waals surface area contributed by atoms with Crippen molar-refractivity contribution in [2.75, 3.05) is 26.2 Å². The first kappa shape index (κ1) is 16.3. The van der Waals surface area contributed by atoms with Crippen LogP contribution >= 0.6 is 12.4 Å². The molecule has 0 bridgehead atoms. The second-order valence-corrected chi connectivity index (χ2v) is 7.47. The number of aryl methyl sites for hydroxylation is 1. The van der Waals surface area contributed by atoms with Crippen LogP contribution < -0.4 is 11.1 Å². The smallest absolute Gasteiger partial charge is 0.265 e. The minimum Gasteiger partial charge on any atom is -0.364 e. The van der Waals surface area contributed by atoms with E-state index in [1.54, 1.807) is 7.05 Å². The Balaban J connectivity index is 0.00000161. The number of nitrogens with zero attached hydrogens (tertiary/aromatic N) is 2. The van der Waals surface area contributed by atoms with Crippen LogP contribution in [0.3, 0.4) is 0 Å². The molecule has 0 unspecified atom stereocenters. The van der Waals surface area contributed by atoms with Gasteiger partial charge in [0.1, 0.15) is 10.6 Å². The van der Waals surface area contributed by atoms with Crippen LogP contribution in [0.2, 0.25) is 0 Å². The van der Waals surface area contributed by atoms with Crippen molar-refractivity contribution in [3.8, 4) is 0 Å². The lowest BCUT2D eigenvalue weighted by Gasteiger charge is -2.16. The van der Waals surface area contributed by atoms with Crippen LogP contribution in [-0.4, -0.2) is 49.4 Å². The fourth-order valence-corrected chi connectivity index (χ4v) is 4.70. The average molecular weight is 335 g/mol. The van der Waals surface area contributed by atoms with Crippen molar-refractivity contribution in [2.24, 2.45) is 24.6 Å². The van der Waals surface area contributed by atoms with Crippen molar-refractivity contribution in [3.05, 3.63) is 18.0 Å². The quantitative estimate of drug-likeness (QED) is 0.770. The molecule has 3 rings (SSSR count). The monoisotopic (exact) mass is 334 g/mol. The van der Waals surface area contributed by atoms with Crippen molar-refractivity contribution in [2.45, 2.75) is 4.90 Å². The maximum Gasteiger partial charge on any atom is 0.265 e. The van der Waals surface area contributed by atoms with Gasteiger partial charge in [-0.3, -0.25) is 4.79 Å². The summed E-state index contributed by atoms with van der Waals surface area (Å²) in [4.78, 5) is 11.4. The Morgan fingerprint density at radius 3 is 2.38 bits per heavy atom. The molecule has 2 atom stereocenters. The van der Waals surface area contributed by atoms with Gasteiger partial charge in [-0.25, -0.2) is 8.42 Å².